The molecule has 2 fully saturated rings. The summed E-state index contributed by atoms with van der Waals surface area (Å²) in [5.74, 6) is 2.30. The van der Waals surface area contributed by atoms with E-state index >= 15 is 0 Å². The first kappa shape index (κ1) is 11.4. The Morgan fingerprint density at radius 2 is 2.07 bits per heavy atom. The van der Waals surface area contributed by atoms with Crippen LogP contribution in [0.1, 0.15) is 59.3 Å². The van der Waals surface area contributed by atoms with Gasteiger partial charge in [0.1, 0.15) is 0 Å². The van der Waals surface area contributed by atoms with Crippen molar-refractivity contribution in [3.05, 3.63) is 0 Å². The van der Waals surface area contributed by atoms with Crippen molar-refractivity contribution in [2.45, 2.75) is 65.4 Å². The van der Waals surface area contributed by atoms with Crippen molar-refractivity contribution in [2.24, 2.45) is 23.2 Å². The van der Waals surface area contributed by atoms with E-state index in [9.17, 15) is 5.11 Å². The molecule has 0 unspecified atom stereocenters. The van der Waals surface area contributed by atoms with Crippen molar-refractivity contribution < 1.29 is 5.11 Å². The summed E-state index contributed by atoms with van der Waals surface area (Å²) < 4.78 is 0. The molecule has 2 rings (SSSR count). The standard InChI is InChI=1S/C14H26O/c1-4-10(2)11-7-8-12-13(15)6-5-9-14(11,12)3/h10-13,15H,4-9H2,1-3H3/t10-,11+,12-,13-,14+/m0/s1. The molecule has 0 heterocycles. The molecule has 88 valence electrons. The summed E-state index contributed by atoms with van der Waals surface area (Å²) >= 11 is 0. The molecule has 1 heteroatoms. The predicted octanol–water partition coefficient (Wildman–Crippen LogP) is 3.61. The third-order valence-corrected chi connectivity index (χ3v) is 5.49. The van der Waals surface area contributed by atoms with E-state index in [2.05, 4.69) is 20.8 Å². The minimum absolute atomic E-state index is 0.00203. The van der Waals surface area contributed by atoms with E-state index in [-0.39, 0.29) is 6.10 Å². The zero-order valence-electron chi connectivity index (χ0n) is 10.5. The zero-order chi connectivity index (χ0) is 11.1. The molecule has 2 saturated carbocycles. The lowest BCUT2D eigenvalue weighted by molar-refractivity contribution is -0.0272. The van der Waals surface area contributed by atoms with Crippen LogP contribution in [0.5, 0.6) is 0 Å². The van der Waals surface area contributed by atoms with Crippen LogP contribution in [-0.4, -0.2) is 11.2 Å². The topological polar surface area (TPSA) is 20.2 Å². The van der Waals surface area contributed by atoms with Crippen LogP contribution in [-0.2, 0) is 0 Å². The Labute approximate surface area is 94.3 Å². The minimum Gasteiger partial charge on any atom is -0.393 e. The second-order valence-corrected chi connectivity index (χ2v) is 6.14. The molecule has 0 aromatic carbocycles. The summed E-state index contributed by atoms with van der Waals surface area (Å²) in [6.45, 7) is 7.16. The Bertz CT molecular complexity index is 225. The van der Waals surface area contributed by atoms with E-state index in [1.165, 1.54) is 32.1 Å². The van der Waals surface area contributed by atoms with Crippen LogP contribution in [0, 0.1) is 23.2 Å². The molecule has 0 saturated heterocycles. The quantitative estimate of drug-likeness (QED) is 0.738. The predicted molar refractivity (Wildman–Crippen MR) is 63.6 cm³/mol. The Morgan fingerprint density at radius 1 is 1.33 bits per heavy atom. The zero-order valence-corrected chi connectivity index (χ0v) is 10.5. The number of hydrogen-bond donors (Lipinski definition) is 1. The molecule has 0 amide bonds. The normalized spacial score (nSPS) is 47.6. The van der Waals surface area contributed by atoms with E-state index in [0.717, 1.165) is 18.3 Å². The van der Waals surface area contributed by atoms with Gasteiger partial charge in [0.25, 0.3) is 0 Å². The fourth-order valence-electron chi connectivity index (χ4n) is 4.41. The lowest BCUT2D eigenvalue weighted by atomic mass is 9.61. The molecule has 0 spiro atoms. The van der Waals surface area contributed by atoms with E-state index in [4.69, 9.17) is 0 Å². The monoisotopic (exact) mass is 210 g/mol. The number of aliphatic hydroxyl groups is 1. The highest BCUT2D eigenvalue weighted by Crippen LogP contribution is 2.57. The van der Waals surface area contributed by atoms with Gasteiger partial charge >= 0.3 is 0 Å². The largest absolute Gasteiger partial charge is 0.393 e. The minimum atomic E-state index is -0.00203. The average Bonchev–Trinajstić information content (AvgIpc) is 2.56. The van der Waals surface area contributed by atoms with Crippen molar-refractivity contribution in [3.63, 3.8) is 0 Å². The summed E-state index contributed by atoms with van der Waals surface area (Å²) in [5, 5.41) is 10.1. The summed E-state index contributed by atoms with van der Waals surface area (Å²) in [6.07, 6.45) is 7.55. The second-order valence-electron chi connectivity index (χ2n) is 6.14. The van der Waals surface area contributed by atoms with E-state index in [1.807, 2.05) is 0 Å². The van der Waals surface area contributed by atoms with Crippen molar-refractivity contribution in [1.29, 1.82) is 0 Å². The highest BCUT2D eigenvalue weighted by atomic mass is 16.3. The summed E-state index contributed by atoms with van der Waals surface area (Å²) in [6, 6.07) is 0. The maximum absolute atomic E-state index is 10.1. The third-order valence-electron chi connectivity index (χ3n) is 5.49. The van der Waals surface area contributed by atoms with Crippen LogP contribution in [0.25, 0.3) is 0 Å². The molecule has 5 atom stereocenters. The molecule has 2 aliphatic rings. The van der Waals surface area contributed by atoms with Gasteiger partial charge in [-0.2, -0.15) is 0 Å². The van der Waals surface area contributed by atoms with Crippen LogP contribution in [0.4, 0.5) is 0 Å². The summed E-state index contributed by atoms with van der Waals surface area (Å²) in [5.41, 5.74) is 0.451. The van der Waals surface area contributed by atoms with Gasteiger partial charge in [0, 0.05) is 0 Å². The van der Waals surface area contributed by atoms with Crippen LogP contribution in [0.3, 0.4) is 0 Å². The fraction of sp³-hybridized carbons (Fsp3) is 1.00. The first-order chi connectivity index (χ1) is 7.09. The molecule has 2 aliphatic carbocycles. The molecular weight excluding hydrogens is 184 g/mol. The van der Waals surface area contributed by atoms with Crippen molar-refractivity contribution >= 4 is 0 Å². The number of fused-ring (bicyclic) bond motifs is 1. The number of hydrogen-bond acceptors (Lipinski definition) is 1. The molecule has 1 nitrogen and oxygen atoms in total. The van der Waals surface area contributed by atoms with Crippen LogP contribution in [0.15, 0.2) is 0 Å². The van der Waals surface area contributed by atoms with Gasteiger partial charge in [-0.3, -0.25) is 0 Å². The molecule has 15 heavy (non-hydrogen) atoms. The molecule has 1 N–H and O–H groups in total. The molecule has 0 radical (unpaired) electrons. The lowest BCUT2D eigenvalue weighted by Crippen LogP contribution is -2.41. The number of rotatable bonds is 2. The van der Waals surface area contributed by atoms with Gasteiger partial charge in [-0.1, -0.05) is 33.6 Å². The fourth-order valence-corrected chi connectivity index (χ4v) is 4.41. The SMILES string of the molecule is CC[C@H](C)[C@H]1CC[C@H]2[C@@H](O)CCC[C@]12C. The maximum atomic E-state index is 10.1. The van der Waals surface area contributed by atoms with Crippen molar-refractivity contribution in [3.8, 4) is 0 Å². The number of aliphatic hydroxyl groups excluding tert-OH is 1. The van der Waals surface area contributed by atoms with Gasteiger partial charge < -0.3 is 5.11 Å². The highest BCUT2D eigenvalue weighted by Gasteiger charge is 2.51. The van der Waals surface area contributed by atoms with Crippen LogP contribution >= 0.6 is 0 Å². The van der Waals surface area contributed by atoms with Crippen molar-refractivity contribution in [1.82, 2.24) is 0 Å². The lowest BCUT2D eigenvalue weighted by Gasteiger charge is -2.45. The van der Waals surface area contributed by atoms with Gasteiger partial charge in [-0.15, -0.1) is 0 Å². The van der Waals surface area contributed by atoms with E-state index in [0.29, 0.717) is 11.3 Å². The Hall–Kier alpha value is -0.0400. The highest BCUT2D eigenvalue weighted by molar-refractivity contribution is 5.01. The Kier molecular flexibility index (Phi) is 3.12. The summed E-state index contributed by atoms with van der Waals surface area (Å²) in [4.78, 5) is 0. The van der Waals surface area contributed by atoms with Gasteiger partial charge in [-0.05, 0) is 48.9 Å². The smallest absolute Gasteiger partial charge is 0.0573 e. The Morgan fingerprint density at radius 3 is 2.73 bits per heavy atom. The Balaban J connectivity index is 2.17. The summed E-state index contributed by atoms with van der Waals surface area (Å²) in [7, 11) is 0. The van der Waals surface area contributed by atoms with Gasteiger partial charge in [0.05, 0.1) is 6.10 Å². The molecule has 0 aromatic rings. The van der Waals surface area contributed by atoms with Gasteiger partial charge in [0.2, 0.25) is 0 Å². The molecule has 0 aromatic heterocycles. The maximum Gasteiger partial charge on any atom is 0.0573 e. The third kappa shape index (κ3) is 1.73. The molecule has 0 aliphatic heterocycles. The van der Waals surface area contributed by atoms with Gasteiger partial charge in [-0.25, -0.2) is 0 Å². The molecular formula is C14H26O. The first-order valence-corrected chi connectivity index (χ1v) is 6.77. The second kappa shape index (κ2) is 4.08. The van der Waals surface area contributed by atoms with E-state index < -0.39 is 0 Å². The van der Waals surface area contributed by atoms with E-state index in [1.54, 1.807) is 0 Å². The van der Waals surface area contributed by atoms with Crippen molar-refractivity contribution in [2.75, 3.05) is 0 Å². The first-order valence-electron chi connectivity index (χ1n) is 6.77. The average molecular weight is 210 g/mol. The van der Waals surface area contributed by atoms with Gasteiger partial charge in [0.15, 0.2) is 0 Å². The van der Waals surface area contributed by atoms with Crippen LogP contribution in [0.2, 0.25) is 0 Å². The molecule has 0 bridgehead atoms. The van der Waals surface area contributed by atoms with Crippen LogP contribution < -0.4 is 0 Å².